The van der Waals surface area contributed by atoms with Gasteiger partial charge in [-0.05, 0) is 12.5 Å². The first-order valence-electron chi connectivity index (χ1n) is 5.14. The number of hydrogen-bond donors (Lipinski definition) is 0. The fourth-order valence-electron chi connectivity index (χ4n) is 0.992. The fourth-order valence-corrected chi connectivity index (χ4v) is 0.992. The zero-order valence-corrected chi connectivity index (χ0v) is 9.16. The number of carbonyl (C=O) groups excluding carboxylic acids is 1. The highest BCUT2D eigenvalue weighted by atomic mass is 16.5. The highest BCUT2D eigenvalue weighted by Gasteiger charge is 2.03. The van der Waals surface area contributed by atoms with E-state index in [4.69, 9.17) is 10.00 Å². The summed E-state index contributed by atoms with van der Waals surface area (Å²) >= 11 is 0. The molecule has 0 aliphatic carbocycles. The van der Waals surface area contributed by atoms with Crippen molar-refractivity contribution in [2.24, 2.45) is 0 Å². The molecule has 0 aromatic heterocycles. The topological polar surface area (TPSA) is 50.1 Å². The third kappa shape index (κ3) is 7.51. The lowest BCUT2D eigenvalue weighted by molar-refractivity contribution is -0.138. The number of carbonyl (C=O) groups is 1. The lowest BCUT2D eigenvalue weighted by Crippen LogP contribution is -2.06. The summed E-state index contributed by atoms with van der Waals surface area (Å²) in [5.74, 6) is -0.446. The van der Waals surface area contributed by atoms with Crippen molar-refractivity contribution < 1.29 is 9.53 Å². The van der Waals surface area contributed by atoms with Gasteiger partial charge in [0.25, 0.3) is 0 Å². The zero-order chi connectivity index (χ0) is 11.5. The van der Waals surface area contributed by atoms with Crippen LogP contribution < -0.4 is 0 Å². The van der Waals surface area contributed by atoms with Crippen LogP contribution in [0.15, 0.2) is 24.3 Å². The van der Waals surface area contributed by atoms with Crippen LogP contribution in [-0.4, -0.2) is 12.6 Å². The van der Waals surface area contributed by atoms with Gasteiger partial charge in [-0.1, -0.05) is 32.8 Å². The molecule has 0 atom stereocenters. The van der Waals surface area contributed by atoms with Gasteiger partial charge >= 0.3 is 5.97 Å². The molecule has 15 heavy (non-hydrogen) atoms. The molecule has 0 bridgehead atoms. The summed E-state index contributed by atoms with van der Waals surface area (Å²) in [7, 11) is 0. The Morgan fingerprint density at radius 1 is 1.47 bits per heavy atom. The second-order valence-electron chi connectivity index (χ2n) is 3.18. The highest BCUT2D eigenvalue weighted by molar-refractivity contribution is 5.90. The number of hydrogen-bond acceptors (Lipinski definition) is 3. The predicted octanol–water partition coefficient (Wildman–Crippen LogP) is 2.75. The zero-order valence-electron chi connectivity index (χ0n) is 9.16. The number of esters is 1. The predicted molar refractivity (Wildman–Crippen MR) is 59.0 cm³/mol. The lowest BCUT2D eigenvalue weighted by Gasteiger charge is -2.03. The summed E-state index contributed by atoms with van der Waals surface area (Å²) in [4.78, 5) is 11.2. The highest BCUT2D eigenvalue weighted by Crippen LogP contribution is 2.02. The summed E-state index contributed by atoms with van der Waals surface area (Å²) in [6, 6.07) is 1.79. The molecular weight excluding hydrogens is 190 g/mol. The average molecular weight is 207 g/mol. The number of nitriles is 1. The molecule has 0 saturated carbocycles. The Bertz CT molecular complexity index is 274. The molecule has 0 aliphatic rings. The van der Waals surface area contributed by atoms with Crippen LogP contribution in [0.4, 0.5) is 0 Å². The average Bonchev–Trinajstić information content (AvgIpc) is 2.25. The van der Waals surface area contributed by atoms with Gasteiger partial charge in [-0.3, -0.25) is 0 Å². The van der Waals surface area contributed by atoms with Gasteiger partial charge in [0.15, 0.2) is 0 Å². The summed E-state index contributed by atoms with van der Waals surface area (Å²) in [5, 5.41) is 8.24. The van der Waals surface area contributed by atoms with Gasteiger partial charge in [0.2, 0.25) is 0 Å². The first-order valence-corrected chi connectivity index (χ1v) is 5.14. The lowest BCUT2D eigenvalue weighted by atomic mass is 10.2. The largest absolute Gasteiger partial charge is 0.462 e. The number of rotatable bonds is 7. The van der Waals surface area contributed by atoms with Crippen LogP contribution in [0, 0.1) is 11.3 Å². The van der Waals surface area contributed by atoms with Crippen LogP contribution in [0.25, 0.3) is 0 Å². The van der Waals surface area contributed by atoms with Crippen molar-refractivity contribution in [3.63, 3.8) is 0 Å². The number of ether oxygens (including phenoxy) is 1. The first kappa shape index (κ1) is 13.4. The van der Waals surface area contributed by atoms with Gasteiger partial charge in [-0.2, -0.15) is 5.26 Å². The molecule has 0 aromatic carbocycles. The molecule has 0 rings (SSSR count). The van der Waals surface area contributed by atoms with Crippen molar-refractivity contribution in [2.45, 2.75) is 32.6 Å². The van der Waals surface area contributed by atoms with E-state index >= 15 is 0 Å². The maximum absolute atomic E-state index is 11.2. The molecule has 3 nitrogen and oxygen atoms in total. The van der Waals surface area contributed by atoms with E-state index in [-0.39, 0.29) is 5.57 Å². The molecule has 0 N–H and O–H groups in total. The van der Waals surface area contributed by atoms with Gasteiger partial charge in [-0.15, -0.1) is 0 Å². The molecule has 0 spiro atoms. The first-order chi connectivity index (χ1) is 7.22. The number of unbranched alkanes of at least 4 members (excludes halogenated alkanes) is 3. The molecular formula is C12H17NO2. The van der Waals surface area contributed by atoms with E-state index in [1.54, 1.807) is 6.07 Å². The van der Waals surface area contributed by atoms with Gasteiger partial charge in [0.05, 0.1) is 18.2 Å². The van der Waals surface area contributed by atoms with E-state index in [2.05, 4.69) is 13.5 Å². The summed E-state index contributed by atoms with van der Waals surface area (Å²) in [6.07, 6.45) is 6.84. The Morgan fingerprint density at radius 3 is 2.80 bits per heavy atom. The summed E-state index contributed by atoms with van der Waals surface area (Å²) in [6.45, 7) is 6.05. The molecule has 0 amide bonds. The van der Waals surface area contributed by atoms with Gasteiger partial charge in [0, 0.05) is 6.08 Å². The molecule has 0 radical (unpaired) electrons. The molecule has 3 heteroatoms. The maximum Gasteiger partial charge on any atom is 0.337 e. The van der Waals surface area contributed by atoms with E-state index in [1.165, 1.54) is 12.2 Å². The van der Waals surface area contributed by atoms with Gasteiger partial charge in [-0.25, -0.2) is 4.79 Å². The summed E-state index contributed by atoms with van der Waals surface area (Å²) < 4.78 is 4.95. The Labute approximate surface area is 91.0 Å². The van der Waals surface area contributed by atoms with Crippen molar-refractivity contribution in [1.82, 2.24) is 0 Å². The third-order valence-electron chi connectivity index (χ3n) is 1.85. The van der Waals surface area contributed by atoms with Crippen LogP contribution in [-0.2, 0) is 9.53 Å². The fraction of sp³-hybridized carbons (Fsp3) is 0.500. The van der Waals surface area contributed by atoms with Crippen LogP contribution in [0.3, 0.4) is 0 Å². The Morgan fingerprint density at radius 2 is 2.20 bits per heavy atom. The van der Waals surface area contributed by atoms with E-state index in [1.807, 2.05) is 0 Å². The van der Waals surface area contributed by atoms with Crippen LogP contribution in [0.1, 0.15) is 32.6 Å². The second kappa shape index (κ2) is 9.01. The van der Waals surface area contributed by atoms with Crippen molar-refractivity contribution in [3.05, 3.63) is 24.3 Å². The number of allylic oxidation sites excluding steroid dienone is 1. The van der Waals surface area contributed by atoms with Crippen LogP contribution in [0.2, 0.25) is 0 Å². The molecule has 0 aliphatic heterocycles. The SMILES string of the molecule is C=C(C=CC#N)C(=O)OCCCCCC. The minimum Gasteiger partial charge on any atom is -0.462 e. The van der Waals surface area contributed by atoms with E-state index in [0.29, 0.717) is 6.61 Å². The van der Waals surface area contributed by atoms with Crippen LogP contribution in [0.5, 0.6) is 0 Å². The smallest absolute Gasteiger partial charge is 0.337 e. The van der Waals surface area contributed by atoms with Crippen molar-refractivity contribution in [1.29, 1.82) is 5.26 Å². The third-order valence-corrected chi connectivity index (χ3v) is 1.85. The van der Waals surface area contributed by atoms with Gasteiger partial charge < -0.3 is 4.74 Å². The number of nitrogens with zero attached hydrogens (tertiary/aromatic N) is 1. The van der Waals surface area contributed by atoms with Crippen molar-refractivity contribution >= 4 is 5.97 Å². The minimum atomic E-state index is -0.446. The molecule has 0 aromatic rings. The molecule has 0 unspecified atom stereocenters. The second-order valence-corrected chi connectivity index (χ2v) is 3.18. The molecule has 0 heterocycles. The standard InChI is InChI=1S/C12H17NO2/c1-3-4-5-6-10-15-12(14)11(2)8-7-9-13/h7-8H,2-6,10H2,1H3. The molecule has 82 valence electrons. The van der Waals surface area contributed by atoms with Gasteiger partial charge in [0.1, 0.15) is 0 Å². The van der Waals surface area contributed by atoms with Crippen LogP contribution >= 0.6 is 0 Å². The normalized spacial score (nSPS) is 9.87. The minimum absolute atomic E-state index is 0.215. The molecule has 0 fully saturated rings. The van der Waals surface area contributed by atoms with E-state index in [9.17, 15) is 4.79 Å². The maximum atomic E-state index is 11.2. The Balaban J connectivity index is 3.61. The summed E-state index contributed by atoms with van der Waals surface area (Å²) in [5.41, 5.74) is 0.215. The Kier molecular flexibility index (Phi) is 8.08. The Hall–Kier alpha value is -1.56. The van der Waals surface area contributed by atoms with E-state index < -0.39 is 5.97 Å². The van der Waals surface area contributed by atoms with E-state index in [0.717, 1.165) is 25.7 Å². The quantitative estimate of drug-likeness (QED) is 0.212. The monoisotopic (exact) mass is 207 g/mol. The molecule has 0 saturated heterocycles. The van der Waals surface area contributed by atoms with Crippen molar-refractivity contribution in [2.75, 3.05) is 6.61 Å². The van der Waals surface area contributed by atoms with Crippen molar-refractivity contribution in [3.8, 4) is 6.07 Å².